The minimum absolute atomic E-state index is 0.0676. The maximum absolute atomic E-state index is 12.5. The molecule has 6 heteroatoms. The number of para-hydroxylation sites is 1. The highest BCUT2D eigenvalue weighted by molar-refractivity contribution is 8.00. The Morgan fingerprint density at radius 2 is 2.09 bits per heavy atom. The van der Waals surface area contributed by atoms with Gasteiger partial charge in [0.15, 0.2) is 0 Å². The van der Waals surface area contributed by atoms with Crippen molar-refractivity contribution in [1.29, 1.82) is 0 Å². The Morgan fingerprint density at radius 1 is 1.26 bits per heavy atom. The maximum atomic E-state index is 12.5. The molecule has 1 saturated heterocycles. The number of nitrogens with zero attached hydrogens (tertiary/aromatic N) is 1. The second-order valence-corrected chi connectivity index (χ2v) is 7.06. The number of hydrogen-bond acceptors (Lipinski definition) is 5. The number of esters is 1. The molecule has 1 aliphatic heterocycles. The van der Waals surface area contributed by atoms with Crippen LogP contribution in [0.5, 0.6) is 0 Å². The van der Waals surface area contributed by atoms with E-state index in [1.807, 2.05) is 24.3 Å². The first-order chi connectivity index (χ1) is 11.2. The fraction of sp³-hybridized carbons (Fsp3) is 0.353. The summed E-state index contributed by atoms with van der Waals surface area (Å²) in [7, 11) is 0. The van der Waals surface area contributed by atoms with E-state index in [1.165, 1.54) is 11.8 Å². The van der Waals surface area contributed by atoms with Crippen molar-refractivity contribution in [2.24, 2.45) is 0 Å². The van der Waals surface area contributed by atoms with Crippen LogP contribution in [-0.4, -0.2) is 34.8 Å². The zero-order chi connectivity index (χ0) is 15.8. The third kappa shape index (κ3) is 3.03. The summed E-state index contributed by atoms with van der Waals surface area (Å²) in [5, 5.41) is 4.32. The number of fused-ring (bicyclic) bond motifs is 1. The molecule has 1 amide bonds. The highest BCUT2D eigenvalue weighted by Gasteiger charge is 2.29. The predicted octanol–water partition coefficient (Wildman–Crippen LogP) is 2.53. The number of carbonyl (C=O) groups excluding carboxylic acids is 2. The summed E-state index contributed by atoms with van der Waals surface area (Å²) >= 11 is 1.37. The van der Waals surface area contributed by atoms with Crippen molar-refractivity contribution >= 4 is 34.5 Å². The Labute approximate surface area is 137 Å². The second kappa shape index (κ2) is 5.85. The fourth-order valence-electron chi connectivity index (χ4n) is 2.62. The Bertz CT molecular complexity index is 789. The molecule has 4 rings (SSSR count). The van der Waals surface area contributed by atoms with E-state index in [1.54, 1.807) is 6.07 Å². The lowest BCUT2D eigenvalue weighted by Gasteiger charge is -2.11. The lowest BCUT2D eigenvalue weighted by Crippen LogP contribution is -2.25. The minimum Gasteiger partial charge on any atom is -0.465 e. The van der Waals surface area contributed by atoms with Crippen molar-refractivity contribution in [1.82, 2.24) is 10.3 Å². The van der Waals surface area contributed by atoms with Gasteiger partial charge in [-0.1, -0.05) is 30.0 Å². The van der Waals surface area contributed by atoms with Crippen LogP contribution in [0.25, 0.3) is 10.9 Å². The van der Waals surface area contributed by atoms with Crippen LogP contribution in [0.15, 0.2) is 35.4 Å². The third-order valence-electron chi connectivity index (χ3n) is 4.00. The summed E-state index contributed by atoms with van der Waals surface area (Å²) in [6.45, 7) is 0.457. The van der Waals surface area contributed by atoms with Crippen molar-refractivity contribution in [2.45, 2.75) is 35.6 Å². The number of thioether (sulfide) groups is 1. The summed E-state index contributed by atoms with van der Waals surface area (Å²) < 4.78 is 5.00. The fourth-order valence-corrected chi connectivity index (χ4v) is 3.63. The van der Waals surface area contributed by atoms with Crippen LogP contribution >= 0.6 is 11.8 Å². The van der Waals surface area contributed by atoms with Crippen molar-refractivity contribution in [3.63, 3.8) is 0 Å². The minimum atomic E-state index is -0.233. The number of carbonyl (C=O) groups is 2. The van der Waals surface area contributed by atoms with Crippen LogP contribution in [0, 0.1) is 0 Å². The Kier molecular flexibility index (Phi) is 3.69. The molecule has 23 heavy (non-hydrogen) atoms. The van der Waals surface area contributed by atoms with Crippen LogP contribution in [0.4, 0.5) is 0 Å². The van der Waals surface area contributed by atoms with Gasteiger partial charge in [0.05, 0.1) is 22.7 Å². The molecule has 5 nitrogen and oxygen atoms in total. The molecule has 1 atom stereocenters. The number of rotatable bonds is 4. The highest BCUT2D eigenvalue weighted by Crippen LogP contribution is 2.31. The highest BCUT2D eigenvalue weighted by atomic mass is 32.2. The lowest BCUT2D eigenvalue weighted by atomic mass is 10.1. The standard InChI is InChI=1S/C17H16N2O3S/c20-16(18-10-5-6-10)12-9-15(23-14-7-8-22-17(14)21)19-13-4-2-1-3-11(12)13/h1-4,9-10,14H,5-8H2,(H,18,20). The number of cyclic esters (lactones) is 1. The normalized spacial score (nSPS) is 20.5. The molecule has 118 valence electrons. The summed E-state index contributed by atoms with van der Waals surface area (Å²) in [5.74, 6) is -0.268. The van der Waals surface area contributed by atoms with Gasteiger partial charge >= 0.3 is 5.97 Å². The molecule has 0 radical (unpaired) electrons. The average molecular weight is 328 g/mol. The van der Waals surface area contributed by atoms with Gasteiger partial charge in [-0.25, -0.2) is 4.98 Å². The number of pyridine rings is 1. The largest absolute Gasteiger partial charge is 0.465 e. The van der Waals surface area contributed by atoms with Gasteiger partial charge in [-0.05, 0) is 25.0 Å². The van der Waals surface area contributed by atoms with E-state index in [4.69, 9.17) is 4.74 Å². The third-order valence-corrected chi connectivity index (χ3v) is 5.16. The molecule has 2 heterocycles. The Hall–Kier alpha value is -2.08. The smallest absolute Gasteiger partial charge is 0.319 e. The van der Waals surface area contributed by atoms with Crippen LogP contribution in [0.2, 0.25) is 0 Å². The first-order valence-electron chi connectivity index (χ1n) is 7.74. The topological polar surface area (TPSA) is 68.3 Å². The van der Waals surface area contributed by atoms with Crippen LogP contribution in [0.1, 0.15) is 29.6 Å². The SMILES string of the molecule is O=C(NC1CC1)c1cc(SC2CCOC2=O)nc2ccccc12. The molecule has 2 fully saturated rings. The monoisotopic (exact) mass is 328 g/mol. The summed E-state index contributed by atoms with van der Waals surface area (Å²) in [4.78, 5) is 28.8. The first-order valence-corrected chi connectivity index (χ1v) is 8.62. The molecule has 1 aromatic carbocycles. The van der Waals surface area contributed by atoms with E-state index in [2.05, 4.69) is 10.3 Å². The second-order valence-electron chi connectivity index (χ2n) is 5.84. The van der Waals surface area contributed by atoms with E-state index in [0.717, 1.165) is 23.7 Å². The van der Waals surface area contributed by atoms with Crippen molar-refractivity contribution in [3.8, 4) is 0 Å². The molecule has 2 aromatic rings. The molecular weight excluding hydrogens is 312 g/mol. The van der Waals surface area contributed by atoms with E-state index in [0.29, 0.717) is 29.7 Å². The van der Waals surface area contributed by atoms with E-state index in [-0.39, 0.29) is 17.1 Å². The van der Waals surface area contributed by atoms with Gasteiger partial charge in [0.1, 0.15) is 5.25 Å². The zero-order valence-corrected chi connectivity index (χ0v) is 13.3. The summed E-state index contributed by atoms with van der Waals surface area (Å²) in [6.07, 6.45) is 2.77. The van der Waals surface area contributed by atoms with Gasteiger partial charge in [0.2, 0.25) is 0 Å². The van der Waals surface area contributed by atoms with Crippen LogP contribution in [0.3, 0.4) is 0 Å². The molecule has 1 saturated carbocycles. The van der Waals surface area contributed by atoms with Gasteiger partial charge in [-0.3, -0.25) is 9.59 Å². The van der Waals surface area contributed by atoms with Gasteiger partial charge in [-0.2, -0.15) is 0 Å². The molecule has 1 unspecified atom stereocenters. The molecule has 0 bridgehead atoms. The number of ether oxygens (including phenoxy) is 1. The molecule has 2 aliphatic rings. The van der Waals surface area contributed by atoms with Crippen LogP contribution in [-0.2, 0) is 9.53 Å². The number of benzene rings is 1. The number of amides is 1. The number of aromatic nitrogens is 1. The number of hydrogen-bond donors (Lipinski definition) is 1. The quantitative estimate of drug-likeness (QED) is 0.874. The number of nitrogens with one attached hydrogen (secondary N) is 1. The van der Waals surface area contributed by atoms with E-state index in [9.17, 15) is 9.59 Å². The van der Waals surface area contributed by atoms with Gasteiger partial charge in [-0.15, -0.1) is 0 Å². The predicted molar refractivity (Wildman–Crippen MR) is 87.5 cm³/mol. The summed E-state index contributed by atoms with van der Waals surface area (Å²) in [5.41, 5.74) is 1.39. The molecular formula is C17H16N2O3S. The molecule has 1 aromatic heterocycles. The van der Waals surface area contributed by atoms with Gasteiger partial charge < -0.3 is 10.1 Å². The molecule has 1 N–H and O–H groups in total. The Morgan fingerprint density at radius 3 is 2.83 bits per heavy atom. The Balaban J connectivity index is 1.70. The first kappa shape index (κ1) is 14.5. The maximum Gasteiger partial charge on any atom is 0.319 e. The van der Waals surface area contributed by atoms with Gasteiger partial charge in [0.25, 0.3) is 5.91 Å². The van der Waals surface area contributed by atoms with E-state index >= 15 is 0 Å². The van der Waals surface area contributed by atoms with Crippen LogP contribution < -0.4 is 5.32 Å². The molecule has 0 spiro atoms. The summed E-state index contributed by atoms with van der Waals surface area (Å²) in [6, 6.07) is 9.68. The van der Waals surface area contributed by atoms with Gasteiger partial charge in [0, 0.05) is 17.8 Å². The van der Waals surface area contributed by atoms with Crippen molar-refractivity contribution in [2.75, 3.05) is 6.61 Å². The average Bonchev–Trinajstić information content (AvgIpc) is 3.28. The zero-order valence-electron chi connectivity index (χ0n) is 12.5. The van der Waals surface area contributed by atoms with Crippen molar-refractivity contribution in [3.05, 3.63) is 35.9 Å². The lowest BCUT2D eigenvalue weighted by molar-refractivity contribution is -0.137. The van der Waals surface area contributed by atoms with Crippen molar-refractivity contribution < 1.29 is 14.3 Å². The van der Waals surface area contributed by atoms with E-state index < -0.39 is 0 Å². The molecule has 1 aliphatic carbocycles.